The first-order valence-electron chi connectivity index (χ1n) is 14.5. The van der Waals surface area contributed by atoms with Gasteiger partial charge in [-0.2, -0.15) is 0 Å². The Labute approximate surface area is 234 Å². The van der Waals surface area contributed by atoms with Crippen LogP contribution >= 0.6 is 0 Å². The lowest BCUT2D eigenvalue weighted by atomic mass is 9.82. The normalized spacial score (nSPS) is 18.7. The maximum absolute atomic E-state index is 14.3. The van der Waals surface area contributed by atoms with Crippen LogP contribution in [0.1, 0.15) is 81.8 Å². The molecule has 6 heteroatoms. The molecule has 0 saturated heterocycles. The smallest absolute Gasteiger partial charge is 0.254 e. The van der Waals surface area contributed by atoms with E-state index in [9.17, 15) is 13.6 Å². The molecule has 0 aliphatic heterocycles. The molecule has 2 aromatic carbocycles. The molecule has 214 valence electrons. The molecular formula is C33H46F2N2O2. The van der Waals surface area contributed by atoms with E-state index in [0.29, 0.717) is 35.9 Å². The van der Waals surface area contributed by atoms with Crippen LogP contribution < -0.4 is 4.74 Å². The highest BCUT2D eigenvalue weighted by Gasteiger charge is 2.26. The number of carbonyl (C=O) groups excluding carboxylic acids is 1. The number of ether oxygens (including phenoxy) is 1. The van der Waals surface area contributed by atoms with Crippen LogP contribution in [0.4, 0.5) is 8.78 Å². The van der Waals surface area contributed by atoms with Crippen LogP contribution in [0.3, 0.4) is 0 Å². The van der Waals surface area contributed by atoms with Gasteiger partial charge in [0.15, 0.2) is 0 Å². The van der Waals surface area contributed by atoms with Crippen LogP contribution in [0.15, 0.2) is 42.0 Å². The second-order valence-corrected chi connectivity index (χ2v) is 11.3. The Morgan fingerprint density at radius 2 is 1.82 bits per heavy atom. The van der Waals surface area contributed by atoms with Crippen LogP contribution in [0.2, 0.25) is 0 Å². The van der Waals surface area contributed by atoms with Crippen molar-refractivity contribution in [2.75, 3.05) is 33.3 Å². The van der Waals surface area contributed by atoms with Crippen molar-refractivity contribution in [1.82, 2.24) is 9.80 Å². The van der Waals surface area contributed by atoms with Crippen molar-refractivity contribution in [2.24, 2.45) is 11.8 Å². The summed E-state index contributed by atoms with van der Waals surface area (Å²) < 4.78 is 33.3. The summed E-state index contributed by atoms with van der Waals surface area (Å²) in [5, 5.41) is 0. The molecule has 1 aliphatic carbocycles. The molecule has 1 amide bonds. The average Bonchev–Trinajstić information content (AvgIpc) is 2.92. The third-order valence-corrected chi connectivity index (χ3v) is 8.15. The highest BCUT2D eigenvalue weighted by molar-refractivity contribution is 5.95. The fourth-order valence-electron chi connectivity index (χ4n) is 5.70. The predicted octanol–water partition coefficient (Wildman–Crippen LogP) is 7.62. The summed E-state index contributed by atoms with van der Waals surface area (Å²) in [6, 6.07) is 9.36. The molecule has 0 radical (unpaired) electrons. The highest BCUT2D eigenvalue weighted by atomic mass is 19.1. The van der Waals surface area contributed by atoms with Crippen molar-refractivity contribution in [1.29, 1.82) is 0 Å². The number of hydrogen-bond donors (Lipinski definition) is 0. The van der Waals surface area contributed by atoms with Crippen molar-refractivity contribution in [2.45, 2.75) is 72.8 Å². The summed E-state index contributed by atoms with van der Waals surface area (Å²) in [5.74, 6) is 0.917. The Hall–Kier alpha value is -2.73. The van der Waals surface area contributed by atoms with Crippen LogP contribution in [-0.4, -0.2) is 55.0 Å². The molecule has 1 aliphatic rings. The minimum atomic E-state index is -0.612. The molecule has 4 nitrogen and oxygen atoms in total. The fourth-order valence-corrected chi connectivity index (χ4v) is 5.70. The van der Waals surface area contributed by atoms with Crippen molar-refractivity contribution < 1.29 is 18.3 Å². The molecule has 0 unspecified atom stereocenters. The van der Waals surface area contributed by atoms with E-state index in [1.165, 1.54) is 37.8 Å². The summed E-state index contributed by atoms with van der Waals surface area (Å²) >= 11 is 0. The Bertz CT molecular complexity index is 1120. The molecule has 1 saturated carbocycles. The van der Waals surface area contributed by atoms with E-state index in [4.69, 9.17) is 4.74 Å². The summed E-state index contributed by atoms with van der Waals surface area (Å²) in [6.45, 7) is 13.5. The third kappa shape index (κ3) is 8.63. The van der Waals surface area contributed by atoms with Gasteiger partial charge >= 0.3 is 0 Å². The van der Waals surface area contributed by atoms with Gasteiger partial charge in [-0.3, -0.25) is 9.69 Å². The van der Waals surface area contributed by atoms with Gasteiger partial charge in [0.25, 0.3) is 5.91 Å². The Morgan fingerprint density at radius 3 is 2.44 bits per heavy atom. The molecule has 2 aromatic rings. The van der Waals surface area contributed by atoms with Gasteiger partial charge in [-0.05, 0) is 81.3 Å². The first kappa shape index (κ1) is 30.8. The lowest BCUT2D eigenvalue weighted by Gasteiger charge is -2.37. The SMILES string of the molecule is CCc1ccc(C(=O)N(C/C(C)=C/c2ccc(F)cc2F)C[C@H](C)N(CC)CC2CCC(C)CC2)cc1OC. The van der Waals surface area contributed by atoms with E-state index >= 15 is 0 Å². The zero-order chi connectivity index (χ0) is 28.5. The van der Waals surface area contributed by atoms with Gasteiger partial charge in [0.05, 0.1) is 7.11 Å². The van der Waals surface area contributed by atoms with E-state index in [2.05, 4.69) is 32.6 Å². The van der Waals surface area contributed by atoms with E-state index in [1.807, 2.05) is 30.0 Å². The number of carbonyl (C=O) groups is 1. The Morgan fingerprint density at radius 1 is 1.10 bits per heavy atom. The number of rotatable bonds is 12. The number of benzene rings is 2. The van der Waals surface area contributed by atoms with Crippen LogP contribution in [0, 0.1) is 23.5 Å². The van der Waals surface area contributed by atoms with Crippen molar-refractivity contribution in [3.63, 3.8) is 0 Å². The first-order valence-corrected chi connectivity index (χ1v) is 14.5. The van der Waals surface area contributed by atoms with Gasteiger partial charge in [-0.1, -0.05) is 51.3 Å². The molecule has 1 fully saturated rings. The van der Waals surface area contributed by atoms with Crippen molar-refractivity contribution in [3.8, 4) is 5.75 Å². The van der Waals surface area contributed by atoms with Gasteiger partial charge in [-0.15, -0.1) is 0 Å². The van der Waals surface area contributed by atoms with E-state index < -0.39 is 11.6 Å². The lowest BCUT2D eigenvalue weighted by Crippen LogP contribution is -2.46. The second-order valence-electron chi connectivity index (χ2n) is 11.3. The standard InChI is InChI=1S/C33H46F2N2O2/c1-7-27-13-14-29(18-32(27)39-6)33(38)37(20-24(4)17-28-15-16-30(34)19-31(28)35)21-25(5)36(8-2)22-26-11-9-23(3)10-12-26/h13-19,23,25-26H,7-12,20-22H2,1-6H3/b24-17+/t23?,25-,26?/m0/s1. The van der Waals surface area contributed by atoms with Crippen LogP contribution in [0.25, 0.3) is 6.08 Å². The molecular weight excluding hydrogens is 494 g/mol. The highest BCUT2D eigenvalue weighted by Crippen LogP contribution is 2.29. The minimum Gasteiger partial charge on any atom is -0.496 e. The van der Waals surface area contributed by atoms with Gasteiger partial charge < -0.3 is 9.64 Å². The Kier molecular flexibility index (Phi) is 11.5. The average molecular weight is 541 g/mol. The van der Waals surface area contributed by atoms with Gasteiger partial charge in [-0.25, -0.2) is 8.78 Å². The molecule has 3 rings (SSSR count). The predicted molar refractivity (Wildman–Crippen MR) is 156 cm³/mol. The number of methoxy groups -OCH3 is 1. The van der Waals surface area contributed by atoms with Crippen molar-refractivity contribution >= 4 is 12.0 Å². The molecule has 0 spiro atoms. The lowest BCUT2D eigenvalue weighted by molar-refractivity contribution is 0.0687. The molecule has 0 bridgehead atoms. The third-order valence-electron chi connectivity index (χ3n) is 8.15. The van der Waals surface area contributed by atoms with Gasteiger partial charge in [0.2, 0.25) is 0 Å². The fraction of sp³-hybridized carbons (Fsp3) is 0.545. The quantitative estimate of drug-likeness (QED) is 0.278. The number of likely N-dealkylation sites (N-methyl/N-ethyl adjacent to an activating group) is 1. The van der Waals surface area contributed by atoms with Gasteiger partial charge in [0.1, 0.15) is 17.4 Å². The maximum atomic E-state index is 14.3. The summed E-state index contributed by atoms with van der Waals surface area (Å²) in [5.41, 5.74) is 2.75. The number of nitrogens with zero attached hydrogens (tertiary/aromatic N) is 2. The zero-order valence-corrected chi connectivity index (χ0v) is 24.6. The molecule has 0 N–H and O–H groups in total. The number of amides is 1. The molecule has 0 heterocycles. The Balaban J connectivity index is 1.84. The summed E-state index contributed by atoms with van der Waals surface area (Å²) in [6.07, 6.45) is 7.63. The van der Waals surface area contributed by atoms with Crippen LogP contribution in [-0.2, 0) is 6.42 Å². The monoisotopic (exact) mass is 540 g/mol. The van der Waals surface area contributed by atoms with Gasteiger partial charge in [0, 0.05) is 42.9 Å². The summed E-state index contributed by atoms with van der Waals surface area (Å²) in [4.78, 5) is 18.2. The van der Waals surface area contributed by atoms with E-state index in [1.54, 1.807) is 13.2 Å². The van der Waals surface area contributed by atoms with E-state index in [-0.39, 0.29) is 11.9 Å². The molecule has 39 heavy (non-hydrogen) atoms. The molecule has 1 atom stereocenters. The number of aryl methyl sites for hydroxylation is 1. The zero-order valence-electron chi connectivity index (χ0n) is 24.6. The topological polar surface area (TPSA) is 32.8 Å². The summed E-state index contributed by atoms with van der Waals surface area (Å²) in [7, 11) is 1.62. The van der Waals surface area contributed by atoms with Crippen LogP contribution in [0.5, 0.6) is 5.75 Å². The van der Waals surface area contributed by atoms with E-state index in [0.717, 1.165) is 42.6 Å². The first-order chi connectivity index (χ1) is 18.6. The maximum Gasteiger partial charge on any atom is 0.254 e. The molecule has 0 aromatic heterocycles. The largest absolute Gasteiger partial charge is 0.496 e. The number of halogens is 2. The second kappa shape index (κ2) is 14.6. The minimum absolute atomic E-state index is 0.0855. The van der Waals surface area contributed by atoms with Crippen molar-refractivity contribution in [3.05, 3.63) is 70.3 Å². The number of hydrogen-bond acceptors (Lipinski definition) is 3.